The summed E-state index contributed by atoms with van der Waals surface area (Å²) in [5, 5.41) is 0.642. The highest BCUT2D eigenvalue weighted by Gasteiger charge is 2.43. The topological polar surface area (TPSA) is 58.2 Å². The molecular formula is C16H19ClN2O2. The fourth-order valence-electron chi connectivity index (χ4n) is 3.62. The highest BCUT2D eigenvalue weighted by molar-refractivity contribution is 6.30. The SMILES string of the molecule is O=C(Cc1ccc(Cl)cc1)NNC(=O)C1CC2CCC1C2. The highest BCUT2D eigenvalue weighted by Crippen LogP contribution is 2.48. The van der Waals surface area contributed by atoms with Crippen molar-refractivity contribution >= 4 is 23.4 Å². The fourth-order valence-corrected chi connectivity index (χ4v) is 3.75. The summed E-state index contributed by atoms with van der Waals surface area (Å²) < 4.78 is 0. The van der Waals surface area contributed by atoms with Crippen LogP contribution in [0.25, 0.3) is 0 Å². The van der Waals surface area contributed by atoms with Crippen LogP contribution in [0.2, 0.25) is 5.02 Å². The van der Waals surface area contributed by atoms with E-state index in [1.54, 1.807) is 24.3 Å². The lowest BCUT2D eigenvalue weighted by Gasteiger charge is -2.20. The molecule has 1 aromatic rings. The third-order valence-electron chi connectivity index (χ3n) is 4.68. The van der Waals surface area contributed by atoms with E-state index in [1.165, 1.54) is 12.8 Å². The summed E-state index contributed by atoms with van der Waals surface area (Å²) in [6.45, 7) is 0. The Kier molecular flexibility index (Phi) is 4.15. The Morgan fingerprint density at radius 3 is 2.48 bits per heavy atom. The smallest absolute Gasteiger partial charge is 0.242 e. The second-order valence-electron chi connectivity index (χ2n) is 6.12. The molecule has 2 N–H and O–H groups in total. The minimum Gasteiger partial charge on any atom is -0.273 e. The largest absolute Gasteiger partial charge is 0.273 e. The standard InChI is InChI=1S/C16H19ClN2O2/c17-13-5-2-10(3-6-13)9-15(20)18-19-16(21)14-8-11-1-4-12(14)7-11/h2-3,5-6,11-12,14H,1,4,7-9H2,(H,18,20)(H,19,21). The zero-order chi connectivity index (χ0) is 14.8. The summed E-state index contributed by atoms with van der Waals surface area (Å²) in [6, 6.07) is 7.11. The first kappa shape index (κ1) is 14.4. The van der Waals surface area contributed by atoms with Crippen LogP contribution in [0.15, 0.2) is 24.3 Å². The van der Waals surface area contributed by atoms with Gasteiger partial charge in [-0.2, -0.15) is 0 Å². The minimum atomic E-state index is -0.214. The molecule has 1 aromatic carbocycles. The average molecular weight is 307 g/mol. The molecule has 0 spiro atoms. The maximum absolute atomic E-state index is 12.1. The van der Waals surface area contributed by atoms with E-state index in [4.69, 9.17) is 11.6 Å². The molecule has 3 atom stereocenters. The predicted octanol–water partition coefficient (Wildman–Crippen LogP) is 2.47. The number of fused-ring (bicyclic) bond motifs is 2. The van der Waals surface area contributed by atoms with E-state index in [2.05, 4.69) is 10.9 Å². The van der Waals surface area contributed by atoms with Crippen molar-refractivity contribution in [3.8, 4) is 0 Å². The van der Waals surface area contributed by atoms with E-state index in [-0.39, 0.29) is 24.2 Å². The van der Waals surface area contributed by atoms with Crippen LogP contribution < -0.4 is 10.9 Å². The van der Waals surface area contributed by atoms with Gasteiger partial charge in [0.05, 0.1) is 6.42 Å². The second kappa shape index (κ2) is 6.06. The van der Waals surface area contributed by atoms with E-state index in [1.807, 2.05) is 0 Å². The maximum Gasteiger partial charge on any atom is 0.242 e. The van der Waals surface area contributed by atoms with Crippen LogP contribution in [-0.4, -0.2) is 11.8 Å². The Bertz CT molecular complexity index is 544. The normalized spacial score (nSPS) is 26.6. The van der Waals surface area contributed by atoms with Crippen LogP contribution in [-0.2, 0) is 16.0 Å². The molecule has 3 rings (SSSR count). The van der Waals surface area contributed by atoms with E-state index >= 15 is 0 Å². The molecule has 21 heavy (non-hydrogen) atoms. The molecule has 2 aliphatic rings. The van der Waals surface area contributed by atoms with Gasteiger partial charge in [-0.25, -0.2) is 0 Å². The lowest BCUT2D eigenvalue weighted by Crippen LogP contribution is -2.46. The van der Waals surface area contributed by atoms with Crippen molar-refractivity contribution in [3.05, 3.63) is 34.9 Å². The number of benzene rings is 1. The van der Waals surface area contributed by atoms with E-state index in [9.17, 15) is 9.59 Å². The van der Waals surface area contributed by atoms with Crippen molar-refractivity contribution in [2.75, 3.05) is 0 Å². The number of rotatable bonds is 3. The van der Waals surface area contributed by atoms with Gasteiger partial charge in [0, 0.05) is 10.9 Å². The zero-order valence-electron chi connectivity index (χ0n) is 11.8. The Morgan fingerprint density at radius 2 is 1.86 bits per heavy atom. The van der Waals surface area contributed by atoms with Gasteiger partial charge in [-0.1, -0.05) is 30.2 Å². The first-order chi connectivity index (χ1) is 10.1. The third-order valence-corrected chi connectivity index (χ3v) is 4.93. The lowest BCUT2D eigenvalue weighted by atomic mass is 9.88. The van der Waals surface area contributed by atoms with Gasteiger partial charge in [0.15, 0.2) is 0 Å². The van der Waals surface area contributed by atoms with Gasteiger partial charge in [-0.3, -0.25) is 20.4 Å². The molecule has 3 unspecified atom stereocenters. The molecule has 0 aromatic heterocycles. The zero-order valence-corrected chi connectivity index (χ0v) is 12.5. The summed E-state index contributed by atoms with van der Waals surface area (Å²) in [5.74, 6) is 1.07. The van der Waals surface area contributed by atoms with Gasteiger partial charge < -0.3 is 0 Å². The number of amides is 2. The van der Waals surface area contributed by atoms with Crippen LogP contribution >= 0.6 is 11.6 Å². The van der Waals surface area contributed by atoms with Crippen molar-refractivity contribution in [1.82, 2.24) is 10.9 Å². The van der Waals surface area contributed by atoms with Gasteiger partial charge in [0.1, 0.15) is 0 Å². The molecule has 2 amide bonds. The Morgan fingerprint density at radius 1 is 1.10 bits per heavy atom. The van der Waals surface area contributed by atoms with Crippen molar-refractivity contribution in [3.63, 3.8) is 0 Å². The maximum atomic E-state index is 12.1. The second-order valence-corrected chi connectivity index (χ2v) is 6.56. The van der Waals surface area contributed by atoms with E-state index in [0.717, 1.165) is 24.3 Å². The molecule has 0 radical (unpaired) electrons. The number of hydrogen-bond acceptors (Lipinski definition) is 2. The van der Waals surface area contributed by atoms with Crippen molar-refractivity contribution in [2.45, 2.75) is 32.1 Å². The molecule has 2 bridgehead atoms. The monoisotopic (exact) mass is 306 g/mol. The van der Waals surface area contributed by atoms with E-state index in [0.29, 0.717) is 10.9 Å². The quantitative estimate of drug-likeness (QED) is 0.843. The van der Waals surface area contributed by atoms with Crippen molar-refractivity contribution < 1.29 is 9.59 Å². The molecular weight excluding hydrogens is 288 g/mol. The fraction of sp³-hybridized carbons (Fsp3) is 0.500. The summed E-state index contributed by atoms with van der Waals surface area (Å²) in [7, 11) is 0. The predicted molar refractivity (Wildman–Crippen MR) is 80.4 cm³/mol. The van der Waals surface area contributed by atoms with Gasteiger partial charge in [0.2, 0.25) is 11.8 Å². The number of hydrogen-bond donors (Lipinski definition) is 2. The van der Waals surface area contributed by atoms with Crippen LogP contribution in [0.1, 0.15) is 31.2 Å². The molecule has 5 heteroatoms. The molecule has 2 saturated carbocycles. The molecule has 0 aliphatic heterocycles. The van der Waals surface area contributed by atoms with Gasteiger partial charge in [-0.15, -0.1) is 0 Å². The minimum absolute atomic E-state index is 0.0355. The Labute approximate surface area is 129 Å². The molecule has 2 fully saturated rings. The number of carbonyl (C=O) groups excluding carboxylic acids is 2. The number of halogens is 1. The van der Waals surface area contributed by atoms with Crippen LogP contribution in [0.5, 0.6) is 0 Å². The number of nitrogens with one attached hydrogen (secondary N) is 2. The summed E-state index contributed by atoms with van der Waals surface area (Å²) in [6.07, 6.45) is 4.80. The van der Waals surface area contributed by atoms with Gasteiger partial charge >= 0.3 is 0 Å². The van der Waals surface area contributed by atoms with Gasteiger partial charge in [-0.05, 0) is 48.8 Å². The average Bonchev–Trinajstić information content (AvgIpc) is 3.10. The molecule has 112 valence electrons. The summed E-state index contributed by atoms with van der Waals surface area (Å²) in [4.78, 5) is 23.9. The highest BCUT2D eigenvalue weighted by atomic mass is 35.5. The number of hydrazine groups is 1. The van der Waals surface area contributed by atoms with Crippen LogP contribution in [0.4, 0.5) is 0 Å². The summed E-state index contributed by atoms with van der Waals surface area (Å²) in [5.41, 5.74) is 5.95. The first-order valence-corrected chi connectivity index (χ1v) is 7.83. The van der Waals surface area contributed by atoms with Crippen molar-refractivity contribution in [1.29, 1.82) is 0 Å². The Hall–Kier alpha value is -1.55. The molecule has 2 aliphatic carbocycles. The third kappa shape index (κ3) is 3.38. The van der Waals surface area contributed by atoms with Crippen molar-refractivity contribution in [2.24, 2.45) is 17.8 Å². The van der Waals surface area contributed by atoms with Gasteiger partial charge in [0.25, 0.3) is 0 Å². The molecule has 4 nitrogen and oxygen atoms in total. The number of carbonyl (C=O) groups is 2. The Balaban J connectivity index is 1.45. The van der Waals surface area contributed by atoms with E-state index < -0.39 is 0 Å². The summed E-state index contributed by atoms with van der Waals surface area (Å²) >= 11 is 5.80. The van der Waals surface area contributed by atoms with Crippen LogP contribution in [0.3, 0.4) is 0 Å². The van der Waals surface area contributed by atoms with Crippen LogP contribution in [0, 0.1) is 17.8 Å². The lowest BCUT2D eigenvalue weighted by molar-refractivity contribution is -0.132. The molecule has 0 heterocycles. The molecule has 0 saturated heterocycles. The first-order valence-electron chi connectivity index (χ1n) is 7.45.